The number of hydrazone groups is 1. The summed E-state index contributed by atoms with van der Waals surface area (Å²) in [4.78, 5) is 0. The van der Waals surface area contributed by atoms with Gasteiger partial charge in [0.25, 0.3) is 0 Å². The van der Waals surface area contributed by atoms with Gasteiger partial charge in [0.05, 0.1) is 27.5 Å². The van der Waals surface area contributed by atoms with E-state index in [1.54, 1.807) is 39.7 Å². The maximum atomic E-state index is 5.33. The van der Waals surface area contributed by atoms with Gasteiger partial charge >= 0.3 is 0 Å². The molecule has 0 radical (unpaired) electrons. The SMILES string of the molecule is COc1cc(/C=N/NC(=S)Nc2ccc(C(C)C)cc2)cc(OC)c1OC. The molecule has 2 aromatic carbocycles. The summed E-state index contributed by atoms with van der Waals surface area (Å²) in [6.45, 7) is 4.32. The van der Waals surface area contributed by atoms with Crippen LogP contribution in [0.5, 0.6) is 17.2 Å². The van der Waals surface area contributed by atoms with Crippen molar-refractivity contribution in [3.63, 3.8) is 0 Å². The zero-order chi connectivity index (χ0) is 19.8. The van der Waals surface area contributed by atoms with E-state index >= 15 is 0 Å². The summed E-state index contributed by atoms with van der Waals surface area (Å²) < 4.78 is 16.0. The Hall–Kier alpha value is -2.80. The van der Waals surface area contributed by atoms with Gasteiger partial charge in [-0.05, 0) is 48.0 Å². The summed E-state index contributed by atoms with van der Waals surface area (Å²) in [6, 6.07) is 11.7. The molecule has 144 valence electrons. The van der Waals surface area contributed by atoms with E-state index in [0.717, 1.165) is 11.3 Å². The summed E-state index contributed by atoms with van der Waals surface area (Å²) in [5.74, 6) is 2.15. The van der Waals surface area contributed by atoms with Gasteiger partial charge in [0.1, 0.15) is 0 Å². The molecule has 0 aliphatic rings. The van der Waals surface area contributed by atoms with Crippen molar-refractivity contribution >= 4 is 29.2 Å². The first kappa shape index (κ1) is 20.5. The molecule has 0 aromatic heterocycles. The summed E-state index contributed by atoms with van der Waals surface area (Å²) in [6.07, 6.45) is 1.63. The monoisotopic (exact) mass is 387 g/mol. The molecule has 0 spiro atoms. The van der Waals surface area contributed by atoms with Crippen LogP contribution in [0.25, 0.3) is 0 Å². The molecule has 6 nitrogen and oxygen atoms in total. The van der Waals surface area contributed by atoms with Crippen LogP contribution in [0.1, 0.15) is 30.9 Å². The standard InChI is InChI=1S/C20H25N3O3S/c1-13(2)15-6-8-16(9-7-15)22-20(27)23-21-12-14-10-17(24-3)19(26-5)18(11-14)25-4/h6-13H,1-5H3,(H2,22,23,27)/b21-12+. The molecule has 0 fully saturated rings. The second-order valence-corrected chi connectivity index (χ2v) is 6.47. The first-order valence-electron chi connectivity index (χ1n) is 8.48. The maximum absolute atomic E-state index is 5.33. The molecule has 7 heteroatoms. The second kappa shape index (κ2) is 9.78. The van der Waals surface area contributed by atoms with E-state index in [9.17, 15) is 0 Å². The molecule has 0 saturated carbocycles. The highest BCUT2D eigenvalue weighted by atomic mass is 32.1. The number of nitrogens with zero attached hydrogens (tertiary/aromatic N) is 1. The van der Waals surface area contributed by atoms with Crippen molar-refractivity contribution in [1.29, 1.82) is 0 Å². The third-order valence-electron chi connectivity index (χ3n) is 3.90. The van der Waals surface area contributed by atoms with Crippen LogP contribution in [0.3, 0.4) is 0 Å². The van der Waals surface area contributed by atoms with E-state index < -0.39 is 0 Å². The third kappa shape index (κ3) is 5.59. The van der Waals surface area contributed by atoms with Gasteiger partial charge in [-0.3, -0.25) is 5.43 Å². The number of ether oxygens (including phenoxy) is 3. The lowest BCUT2D eigenvalue weighted by molar-refractivity contribution is 0.324. The Kier molecular flexibility index (Phi) is 7.43. The quantitative estimate of drug-likeness (QED) is 0.423. The number of rotatable bonds is 7. The van der Waals surface area contributed by atoms with E-state index in [1.165, 1.54) is 5.56 Å². The van der Waals surface area contributed by atoms with Crippen LogP contribution in [0.2, 0.25) is 0 Å². The maximum Gasteiger partial charge on any atom is 0.203 e. The molecule has 0 amide bonds. The van der Waals surface area contributed by atoms with Crippen molar-refractivity contribution in [2.45, 2.75) is 19.8 Å². The molecular weight excluding hydrogens is 362 g/mol. The molecule has 0 atom stereocenters. The Balaban J connectivity index is 2.01. The fourth-order valence-corrected chi connectivity index (χ4v) is 2.62. The summed E-state index contributed by atoms with van der Waals surface area (Å²) >= 11 is 5.27. The Morgan fingerprint density at radius 1 is 1.00 bits per heavy atom. The predicted octanol–water partition coefficient (Wildman–Crippen LogP) is 4.16. The fraction of sp³-hybridized carbons (Fsp3) is 0.300. The number of methoxy groups -OCH3 is 3. The Morgan fingerprint density at radius 2 is 1.59 bits per heavy atom. The number of hydrogen-bond acceptors (Lipinski definition) is 5. The molecule has 0 saturated heterocycles. The van der Waals surface area contributed by atoms with Gasteiger partial charge in [-0.15, -0.1) is 0 Å². The zero-order valence-corrected chi connectivity index (χ0v) is 17.0. The summed E-state index contributed by atoms with van der Waals surface area (Å²) in [5.41, 5.74) is 5.76. The van der Waals surface area contributed by atoms with Gasteiger partial charge < -0.3 is 19.5 Å². The van der Waals surface area contributed by atoms with Crippen LogP contribution in [0, 0.1) is 0 Å². The lowest BCUT2D eigenvalue weighted by Gasteiger charge is -2.12. The molecule has 2 N–H and O–H groups in total. The van der Waals surface area contributed by atoms with Gasteiger partial charge in [-0.25, -0.2) is 0 Å². The highest BCUT2D eigenvalue weighted by molar-refractivity contribution is 7.80. The van der Waals surface area contributed by atoms with Gasteiger partial charge in [-0.1, -0.05) is 26.0 Å². The number of hydrogen-bond donors (Lipinski definition) is 2. The van der Waals surface area contributed by atoms with E-state index in [4.69, 9.17) is 26.4 Å². The molecular formula is C20H25N3O3S. The van der Waals surface area contributed by atoms with Gasteiger partial charge in [0.2, 0.25) is 5.75 Å². The van der Waals surface area contributed by atoms with Crippen LogP contribution in [-0.4, -0.2) is 32.7 Å². The van der Waals surface area contributed by atoms with Crippen molar-refractivity contribution in [3.8, 4) is 17.2 Å². The topological polar surface area (TPSA) is 64.1 Å². The third-order valence-corrected chi connectivity index (χ3v) is 4.10. The van der Waals surface area contributed by atoms with Crippen LogP contribution in [-0.2, 0) is 0 Å². The molecule has 0 aliphatic heterocycles. The highest BCUT2D eigenvalue weighted by Crippen LogP contribution is 2.37. The lowest BCUT2D eigenvalue weighted by atomic mass is 10.0. The number of benzene rings is 2. The van der Waals surface area contributed by atoms with E-state index in [2.05, 4.69) is 41.8 Å². The Labute approximate surface area is 165 Å². The fourth-order valence-electron chi connectivity index (χ4n) is 2.45. The van der Waals surface area contributed by atoms with Gasteiger partial charge in [0.15, 0.2) is 16.6 Å². The van der Waals surface area contributed by atoms with Crippen LogP contribution >= 0.6 is 12.2 Å². The number of anilines is 1. The van der Waals surface area contributed by atoms with Crippen molar-refractivity contribution in [2.75, 3.05) is 26.6 Å². The van der Waals surface area contributed by atoms with E-state index in [-0.39, 0.29) is 0 Å². The number of nitrogens with one attached hydrogen (secondary N) is 2. The Morgan fingerprint density at radius 3 is 2.07 bits per heavy atom. The lowest BCUT2D eigenvalue weighted by Crippen LogP contribution is -2.23. The highest BCUT2D eigenvalue weighted by Gasteiger charge is 2.12. The number of thiocarbonyl (C=S) groups is 1. The average Bonchev–Trinajstić information content (AvgIpc) is 2.67. The normalized spacial score (nSPS) is 10.7. The molecule has 0 heterocycles. The smallest absolute Gasteiger partial charge is 0.203 e. The van der Waals surface area contributed by atoms with Gasteiger partial charge in [-0.2, -0.15) is 5.10 Å². The minimum absolute atomic E-state index is 0.399. The van der Waals surface area contributed by atoms with Gasteiger partial charge in [0, 0.05) is 11.3 Å². The minimum atomic E-state index is 0.399. The van der Waals surface area contributed by atoms with Crippen LogP contribution < -0.4 is 25.0 Å². The van der Waals surface area contributed by atoms with Crippen molar-refractivity contribution in [3.05, 3.63) is 47.5 Å². The molecule has 2 aromatic rings. The van der Waals surface area contributed by atoms with Crippen LogP contribution in [0.4, 0.5) is 5.69 Å². The summed E-state index contributed by atoms with van der Waals surface area (Å²) in [5, 5.41) is 7.65. The minimum Gasteiger partial charge on any atom is -0.493 e. The first-order valence-corrected chi connectivity index (χ1v) is 8.89. The molecule has 0 bridgehead atoms. The van der Waals surface area contributed by atoms with E-state index in [0.29, 0.717) is 28.3 Å². The van der Waals surface area contributed by atoms with Crippen molar-refractivity contribution in [1.82, 2.24) is 5.43 Å². The van der Waals surface area contributed by atoms with E-state index in [1.807, 2.05) is 12.1 Å². The molecule has 2 rings (SSSR count). The molecule has 27 heavy (non-hydrogen) atoms. The summed E-state index contributed by atoms with van der Waals surface area (Å²) in [7, 11) is 4.70. The molecule has 0 aliphatic carbocycles. The largest absolute Gasteiger partial charge is 0.493 e. The van der Waals surface area contributed by atoms with Crippen LogP contribution in [0.15, 0.2) is 41.5 Å². The predicted molar refractivity (Wildman–Crippen MR) is 114 cm³/mol. The first-order chi connectivity index (χ1) is 13.0. The Bertz CT molecular complexity index is 780. The second-order valence-electron chi connectivity index (χ2n) is 6.06. The van der Waals surface area contributed by atoms with Crippen molar-refractivity contribution < 1.29 is 14.2 Å². The zero-order valence-electron chi connectivity index (χ0n) is 16.2. The molecule has 0 unspecified atom stereocenters. The average molecular weight is 388 g/mol. The van der Waals surface area contributed by atoms with Crippen molar-refractivity contribution in [2.24, 2.45) is 5.10 Å².